The summed E-state index contributed by atoms with van der Waals surface area (Å²) in [6.07, 6.45) is 2.94. The van der Waals surface area contributed by atoms with Crippen molar-refractivity contribution >= 4 is 17.9 Å². The van der Waals surface area contributed by atoms with Crippen molar-refractivity contribution in [2.75, 3.05) is 12.4 Å². The van der Waals surface area contributed by atoms with Gasteiger partial charge >= 0.3 is 6.03 Å². The fourth-order valence-corrected chi connectivity index (χ4v) is 1.35. The lowest BCUT2D eigenvalue weighted by atomic mass is 10.3. The van der Waals surface area contributed by atoms with Gasteiger partial charge in [0.15, 0.2) is 0 Å². The van der Waals surface area contributed by atoms with Crippen LogP contribution in [-0.4, -0.2) is 19.4 Å². The second-order valence-electron chi connectivity index (χ2n) is 3.57. The van der Waals surface area contributed by atoms with Crippen molar-refractivity contribution in [3.8, 4) is 5.75 Å². The van der Waals surface area contributed by atoms with Crippen LogP contribution in [0.4, 0.5) is 10.5 Å². The third-order valence-corrected chi connectivity index (χ3v) is 2.25. The second-order valence-corrected chi connectivity index (χ2v) is 3.57. The number of carbonyl (C=O) groups excluding carboxylic acids is 1. The molecule has 2 aromatic rings. The van der Waals surface area contributed by atoms with Crippen LogP contribution in [0.15, 0.2) is 52.2 Å². The van der Waals surface area contributed by atoms with Gasteiger partial charge in [0.05, 0.1) is 19.6 Å². The van der Waals surface area contributed by atoms with E-state index in [0.717, 1.165) is 5.75 Å². The average Bonchev–Trinajstić information content (AvgIpc) is 2.93. The van der Waals surface area contributed by atoms with E-state index in [1.165, 1.54) is 12.5 Å². The zero-order valence-corrected chi connectivity index (χ0v) is 10.3. The predicted molar refractivity (Wildman–Crippen MR) is 71.5 cm³/mol. The number of hydrogen-bond donors (Lipinski definition) is 2. The molecule has 1 aromatic heterocycles. The average molecular weight is 259 g/mol. The van der Waals surface area contributed by atoms with Gasteiger partial charge in [-0.1, -0.05) is 0 Å². The van der Waals surface area contributed by atoms with Gasteiger partial charge in [0.1, 0.15) is 11.5 Å². The molecule has 0 saturated carbocycles. The van der Waals surface area contributed by atoms with E-state index in [4.69, 9.17) is 9.15 Å². The Morgan fingerprint density at radius 1 is 1.32 bits per heavy atom. The number of nitrogens with zero attached hydrogens (tertiary/aromatic N) is 1. The van der Waals surface area contributed by atoms with Gasteiger partial charge in [-0.25, -0.2) is 10.2 Å². The minimum atomic E-state index is -0.437. The SMILES string of the molecule is COc1ccc(NC(=O)N/N=C/c2ccco2)cc1. The number of urea groups is 1. The Morgan fingerprint density at radius 2 is 2.11 bits per heavy atom. The van der Waals surface area contributed by atoms with E-state index in [1.807, 2.05) is 0 Å². The summed E-state index contributed by atoms with van der Waals surface area (Å²) in [7, 11) is 1.58. The van der Waals surface area contributed by atoms with Gasteiger partial charge in [0.25, 0.3) is 0 Å². The largest absolute Gasteiger partial charge is 0.497 e. The summed E-state index contributed by atoms with van der Waals surface area (Å²) in [4.78, 5) is 11.5. The smallest absolute Gasteiger partial charge is 0.339 e. The summed E-state index contributed by atoms with van der Waals surface area (Å²) in [6.45, 7) is 0. The number of nitrogens with one attached hydrogen (secondary N) is 2. The predicted octanol–water partition coefficient (Wildman–Crippen LogP) is 2.44. The Balaban J connectivity index is 1.83. The van der Waals surface area contributed by atoms with Gasteiger partial charge in [-0.3, -0.25) is 0 Å². The number of hydrazone groups is 1. The summed E-state index contributed by atoms with van der Waals surface area (Å²) in [5.74, 6) is 1.28. The number of amides is 2. The van der Waals surface area contributed by atoms with Crippen LogP contribution in [0.25, 0.3) is 0 Å². The van der Waals surface area contributed by atoms with E-state index in [0.29, 0.717) is 11.4 Å². The van der Waals surface area contributed by atoms with Crippen LogP contribution in [0.1, 0.15) is 5.76 Å². The molecule has 0 aliphatic rings. The summed E-state index contributed by atoms with van der Waals surface area (Å²) >= 11 is 0. The van der Waals surface area contributed by atoms with Gasteiger partial charge in [0.2, 0.25) is 0 Å². The molecule has 2 amide bonds. The van der Waals surface area contributed by atoms with Crippen molar-refractivity contribution in [1.29, 1.82) is 0 Å². The molecule has 0 saturated heterocycles. The monoisotopic (exact) mass is 259 g/mol. The van der Waals surface area contributed by atoms with E-state index >= 15 is 0 Å². The zero-order valence-electron chi connectivity index (χ0n) is 10.3. The van der Waals surface area contributed by atoms with Crippen LogP contribution in [0, 0.1) is 0 Å². The van der Waals surface area contributed by atoms with Crippen molar-refractivity contribution in [2.24, 2.45) is 5.10 Å². The first-order valence-electron chi connectivity index (χ1n) is 5.55. The molecule has 0 aliphatic heterocycles. The normalized spacial score (nSPS) is 10.4. The Kier molecular flexibility index (Phi) is 4.17. The van der Waals surface area contributed by atoms with Gasteiger partial charge in [0, 0.05) is 5.69 Å². The van der Waals surface area contributed by atoms with Gasteiger partial charge in [-0.2, -0.15) is 5.10 Å². The van der Waals surface area contributed by atoms with Crippen LogP contribution in [0.2, 0.25) is 0 Å². The first kappa shape index (κ1) is 12.7. The van der Waals surface area contributed by atoms with Crippen molar-refractivity contribution in [3.63, 3.8) is 0 Å². The molecule has 0 unspecified atom stereocenters. The van der Waals surface area contributed by atoms with Crippen LogP contribution in [-0.2, 0) is 0 Å². The van der Waals surface area contributed by atoms with Gasteiger partial charge < -0.3 is 14.5 Å². The Labute approximate surface area is 110 Å². The molecule has 0 atom stereocenters. The molecule has 0 fully saturated rings. The van der Waals surface area contributed by atoms with Crippen molar-refractivity contribution in [2.45, 2.75) is 0 Å². The third kappa shape index (κ3) is 3.88. The molecular weight excluding hydrogens is 246 g/mol. The lowest BCUT2D eigenvalue weighted by Crippen LogP contribution is -2.24. The minimum absolute atomic E-state index is 0.437. The number of rotatable bonds is 4. The molecule has 0 radical (unpaired) electrons. The van der Waals surface area contributed by atoms with E-state index < -0.39 is 6.03 Å². The number of furan rings is 1. The van der Waals surface area contributed by atoms with Crippen molar-refractivity contribution < 1.29 is 13.9 Å². The molecule has 0 aliphatic carbocycles. The van der Waals surface area contributed by atoms with Gasteiger partial charge in [-0.15, -0.1) is 0 Å². The lowest BCUT2D eigenvalue weighted by molar-refractivity contribution is 0.252. The first-order chi connectivity index (χ1) is 9.28. The topological polar surface area (TPSA) is 75.9 Å². The van der Waals surface area contributed by atoms with E-state index in [9.17, 15) is 4.79 Å². The quantitative estimate of drug-likeness (QED) is 0.654. The Morgan fingerprint density at radius 3 is 2.74 bits per heavy atom. The minimum Gasteiger partial charge on any atom is -0.497 e. The maximum Gasteiger partial charge on any atom is 0.339 e. The molecule has 19 heavy (non-hydrogen) atoms. The van der Waals surface area contributed by atoms with Crippen LogP contribution in [0.3, 0.4) is 0 Å². The highest BCUT2D eigenvalue weighted by atomic mass is 16.5. The second kappa shape index (κ2) is 6.25. The molecule has 2 N–H and O–H groups in total. The molecule has 6 nitrogen and oxygen atoms in total. The zero-order chi connectivity index (χ0) is 13.5. The first-order valence-corrected chi connectivity index (χ1v) is 5.55. The molecule has 98 valence electrons. The van der Waals surface area contributed by atoms with Crippen LogP contribution < -0.4 is 15.5 Å². The number of carbonyl (C=O) groups is 1. The van der Waals surface area contributed by atoms with Crippen molar-refractivity contribution in [1.82, 2.24) is 5.43 Å². The number of methoxy groups -OCH3 is 1. The highest BCUT2D eigenvalue weighted by molar-refractivity contribution is 5.90. The maximum absolute atomic E-state index is 11.5. The molecule has 1 heterocycles. The van der Waals surface area contributed by atoms with E-state index in [2.05, 4.69) is 15.8 Å². The van der Waals surface area contributed by atoms with Crippen LogP contribution >= 0.6 is 0 Å². The molecule has 0 bridgehead atoms. The number of benzene rings is 1. The molecule has 2 rings (SSSR count). The summed E-state index contributed by atoms with van der Waals surface area (Å²) in [6, 6.07) is 9.99. The molecular formula is C13H13N3O3. The fraction of sp³-hybridized carbons (Fsp3) is 0.0769. The fourth-order valence-electron chi connectivity index (χ4n) is 1.35. The summed E-state index contributed by atoms with van der Waals surface area (Å²) < 4.78 is 10.0. The van der Waals surface area contributed by atoms with Crippen molar-refractivity contribution in [3.05, 3.63) is 48.4 Å². The third-order valence-electron chi connectivity index (χ3n) is 2.25. The van der Waals surface area contributed by atoms with Crippen LogP contribution in [0.5, 0.6) is 5.75 Å². The number of anilines is 1. The lowest BCUT2D eigenvalue weighted by Gasteiger charge is -2.04. The highest BCUT2D eigenvalue weighted by Gasteiger charge is 2.00. The maximum atomic E-state index is 11.5. The summed E-state index contributed by atoms with van der Waals surface area (Å²) in [5.41, 5.74) is 2.97. The van der Waals surface area contributed by atoms with E-state index in [-0.39, 0.29) is 0 Å². The summed E-state index contributed by atoms with van der Waals surface area (Å²) in [5, 5.41) is 6.36. The number of hydrogen-bond acceptors (Lipinski definition) is 4. The Bertz CT molecular complexity index is 547. The molecule has 0 spiro atoms. The van der Waals surface area contributed by atoms with Gasteiger partial charge in [-0.05, 0) is 36.4 Å². The van der Waals surface area contributed by atoms with E-state index in [1.54, 1.807) is 43.5 Å². The Hall–Kier alpha value is -2.76. The standard InChI is InChI=1S/C13H13N3O3/c1-18-11-6-4-10(5-7-11)15-13(17)16-14-9-12-3-2-8-19-12/h2-9H,1H3,(H2,15,16,17)/b14-9+. The highest BCUT2D eigenvalue weighted by Crippen LogP contribution is 2.14. The number of ether oxygens (including phenoxy) is 1. The molecule has 6 heteroatoms. The molecule has 1 aromatic carbocycles.